The van der Waals surface area contributed by atoms with Crippen molar-refractivity contribution in [2.24, 2.45) is 0 Å². The molecule has 2 amide bonds. The van der Waals surface area contributed by atoms with Crippen molar-refractivity contribution in [2.45, 2.75) is 19.9 Å². The van der Waals surface area contributed by atoms with Crippen molar-refractivity contribution in [2.75, 3.05) is 13.7 Å². The van der Waals surface area contributed by atoms with E-state index in [0.717, 1.165) is 5.56 Å². The van der Waals surface area contributed by atoms with E-state index in [1.807, 2.05) is 0 Å². The summed E-state index contributed by atoms with van der Waals surface area (Å²) in [5, 5.41) is 3.15. The van der Waals surface area contributed by atoms with E-state index in [1.165, 1.54) is 7.11 Å². The van der Waals surface area contributed by atoms with Crippen LogP contribution >= 0.6 is 11.6 Å². The molecule has 2 aromatic carbocycles. The number of rotatable bonds is 7. The molecular formula is C21H21ClN2O5S. The van der Waals surface area contributed by atoms with E-state index in [0.29, 0.717) is 20.6 Å². The van der Waals surface area contributed by atoms with Gasteiger partial charge in [-0.25, -0.2) is 12.7 Å². The van der Waals surface area contributed by atoms with Crippen molar-refractivity contribution >= 4 is 38.3 Å². The van der Waals surface area contributed by atoms with Crippen LogP contribution in [-0.2, 0) is 26.2 Å². The minimum absolute atomic E-state index is 0.0692. The molecule has 0 unspecified atom stereocenters. The molecule has 0 bridgehead atoms. The molecule has 0 saturated heterocycles. The normalized spacial score (nSPS) is 15.4. The van der Waals surface area contributed by atoms with Gasteiger partial charge < -0.3 is 10.1 Å². The average molecular weight is 449 g/mol. The smallest absolute Gasteiger partial charge is 0.268 e. The van der Waals surface area contributed by atoms with Crippen LogP contribution in [0.1, 0.15) is 24.5 Å². The number of amides is 2. The maximum atomic E-state index is 13.1. The topological polar surface area (TPSA) is 92.8 Å². The monoisotopic (exact) mass is 448 g/mol. The molecule has 30 heavy (non-hydrogen) atoms. The average Bonchev–Trinajstić information content (AvgIpc) is 2.92. The van der Waals surface area contributed by atoms with Gasteiger partial charge in [-0.3, -0.25) is 9.59 Å². The van der Waals surface area contributed by atoms with Gasteiger partial charge in [0.2, 0.25) is 5.91 Å². The SMILES string of the molecule is CCC1=C(c2ccc(OC)cc2)S(=O)(=O)N(CC(=O)NCc2cccc(Cl)c2)C1=O. The van der Waals surface area contributed by atoms with Crippen LogP contribution in [-0.4, -0.2) is 38.2 Å². The number of carbonyl (C=O) groups is 2. The fourth-order valence-corrected chi connectivity index (χ4v) is 5.22. The van der Waals surface area contributed by atoms with Crippen molar-refractivity contribution in [1.29, 1.82) is 0 Å². The van der Waals surface area contributed by atoms with Gasteiger partial charge in [-0.2, -0.15) is 0 Å². The Bertz CT molecular complexity index is 1110. The van der Waals surface area contributed by atoms with Crippen molar-refractivity contribution < 1.29 is 22.7 Å². The first-order valence-corrected chi connectivity index (χ1v) is 11.1. The molecule has 0 aromatic heterocycles. The largest absolute Gasteiger partial charge is 0.497 e. The molecule has 0 spiro atoms. The second-order valence-corrected chi connectivity index (χ2v) is 8.85. The first kappa shape index (κ1) is 21.9. The Morgan fingerprint density at radius 3 is 2.47 bits per heavy atom. The number of hydrogen-bond donors (Lipinski definition) is 1. The maximum absolute atomic E-state index is 13.1. The van der Waals surface area contributed by atoms with Crippen molar-refractivity contribution in [1.82, 2.24) is 9.62 Å². The van der Waals surface area contributed by atoms with Gasteiger partial charge >= 0.3 is 0 Å². The Kier molecular flexibility index (Phi) is 6.48. The molecule has 1 N–H and O–H groups in total. The van der Waals surface area contributed by atoms with Crippen LogP contribution in [0.2, 0.25) is 5.02 Å². The summed E-state index contributed by atoms with van der Waals surface area (Å²) in [5.41, 5.74) is 1.29. The third kappa shape index (κ3) is 4.34. The molecule has 3 rings (SSSR count). The van der Waals surface area contributed by atoms with Gasteiger partial charge in [0, 0.05) is 17.1 Å². The molecule has 2 aromatic rings. The molecule has 158 valence electrons. The highest BCUT2D eigenvalue weighted by Crippen LogP contribution is 2.37. The van der Waals surface area contributed by atoms with E-state index in [-0.39, 0.29) is 23.4 Å². The minimum Gasteiger partial charge on any atom is -0.497 e. The zero-order valence-electron chi connectivity index (χ0n) is 16.5. The molecule has 0 fully saturated rings. The predicted octanol–water partition coefficient (Wildman–Crippen LogP) is 2.96. The first-order valence-electron chi connectivity index (χ1n) is 9.23. The van der Waals surface area contributed by atoms with Gasteiger partial charge in [-0.15, -0.1) is 0 Å². The summed E-state index contributed by atoms with van der Waals surface area (Å²) < 4.78 is 31.9. The second-order valence-electron chi connectivity index (χ2n) is 6.61. The zero-order valence-corrected chi connectivity index (χ0v) is 18.1. The molecule has 0 aliphatic carbocycles. The van der Waals surface area contributed by atoms with E-state index in [4.69, 9.17) is 16.3 Å². The number of carbonyl (C=O) groups excluding carboxylic acids is 2. The quantitative estimate of drug-likeness (QED) is 0.703. The molecule has 1 aliphatic heterocycles. The Hall–Kier alpha value is -2.84. The van der Waals surface area contributed by atoms with Crippen LogP contribution in [0, 0.1) is 0 Å². The number of nitrogens with zero attached hydrogens (tertiary/aromatic N) is 1. The Balaban J connectivity index is 1.79. The molecule has 1 heterocycles. The number of halogens is 1. The van der Waals surface area contributed by atoms with E-state index < -0.39 is 28.4 Å². The second kappa shape index (κ2) is 8.89. The van der Waals surface area contributed by atoms with Gasteiger partial charge in [0.25, 0.3) is 15.9 Å². The van der Waals surface area contributed by atoms with E-state index in [9.17, 15) is 18.0 Å². The van der Waals surface area contributed by atoms with Crippen LogP contribution in [0.3, 0.4) is 0 Å². The van der Waals surface area contributed by atoms with Gasteiger partial charge in [-0.05, 0) is 53.9 Å². The molecule has 7 nitrogen and oxygen atoms in total. The van der Waals surface area contributed by atoms with E-state index in [2.05, 4.69) is 5.32 Å². The molecule has 9 heteroatoms. The summed E-state index contributed by atoms with van der Waals surface area (Å²) in [6.07, 6.45) is 0.222. The van der Waals surface area contributed by atoms with E-state index in [1.54, 1.807) is 55.5 Å². The maximum Gasteiger partial charge on any atom is 0.268 e. The van der Waals surface area contributed by atoms with Crippen molar-refractivity contribution in [3.8, 4) is 5.75 Å². The highest BCUT2D eigenvalue weighted by Gasteiger charge is 2.44. The van der Waals surface area contributed by atoms with Gasteiger partial charge in [0.15, 0.2) is 0 Å². The van der Waals surface area contributed by atoms with Crippen molar-refractivity contribution in [3.05, 3.63) is 70.3 Å². The summed E-state index contributed by atoms with van der Waals surface area (Å²) >= 11 is 5.92. The summed E-state index contributed by atoms with van der Waals surface area (Å²) in [6, 6.07) is 13.3. The standard InChI is InChI=1S/C21H21ClN2O5S/c1-3-18-20(15-7-9-17(29-2)10-8-15)30(27,28)24(21(18)26)13-19(25)23-12-14-5-4-6-16(22)11-14/h4-11H,3,12-13H2,1-2H3,(H,23,25). The number of ether oxygens (including phenoxy) is 1. The molecule has 0 saturated carbocycles. The Labute approximate surface area is 180 Å². The third-order valence-corrected chi connectivity index (χ3v) is 6.79. The lowest BCUT2D eigenvalue weighted by Gasteiger charge is -2.16. The Morgan fingerprint density at radius 1 is 1.17 bits per heavy atom. The number of hydrogen-bond acceptors (Lipinski definition) is 5. The predicted molar refractivity (Wildman–Crippen MR) is 114 cm³/mol. The number of methoxy groups -OCH3 is 1. The minimum atomic E-state index is -4.16. The highest BCUT2D eigenvalue weighted by atomic mass is 35.5. The molecule has 0 radical (unpaired) electrons. The van der Waals surface area contributed by atoms with Gasteiger partial charge in [0.1, 0.15) is 17.2 Å². The highest BCUT2D eigenvalue weighted by molar-refractivity contribution is 7.99. The number of sulfonamides is 1. The summed E-state index contributed by atoms with van der Waals surface area (Å²) in [5.74, 6) is -0.698. The Morgan fingerprint density at radius 2 is 1.87 bits per heavy atom. The lowest BCUT2D eigenvalue weighted by atomic mass is 10.1. The van der Waals surface area contributed by atoms with Crippen LogP contribution < -0.4 is 10.1 Å². The summed E-state index contributed by atoms with van der Waals surface area (Å²) in [6.45, 7) is 1.28. The van der Waals surface area contributed by atoms with Gasteiger partial charge in [-0.1, -0.05) is 30.7 Å². The first-order chi connectivity index (χ1) is 14.3. The van der Waals surface area contributed by atoms with Crippen LogP contribution in [0.15, 0.2) is 54.1 Å². The lowest BCUT2D eigenvalue weighted by Crippen LogP contribution is -2.41. The fraction of sp³-hybridized carbons (Fsp3) is 0.238. The molecule has 0 atom stereocenters. The molecule has 1 aliphatic rings. The molecular weight excluding hydrogens is 428 g/mol. The van der Waals surface area contributed by atoms with Crippen molar-refractivity contribution in [3.63, 3.8) is 0 Å². The van der Waals surface area contributed by atoms with Crippen LogP contribution in [0.5, 0.6) is 5.75 Å². The zero-order chi connectivity index (χ0) is 21.9. The van der Waals surface area contributed by atoms with Gasteiger partial charge in [0.05, 0.1) is 7.11 Å². The van der Waals surface area contributed by atoms with E-state index >= 15 is 0 Å². The number of nitrogens with one attached hydrogen (secondary N) is 1. The third-order valence-electron chi connectivity index (χ3n) is 4.68. The van der Waals surface area contributed by atoms with Crippen LogP contribution in [0.25, 0.3) is 4.91 Å². The number of benzene rings is 2. The lowest BCUT2D eigenvalue weighted by molar-refractivity contribution is -0.128. The fourth-order valence-electron chi connectivity index (χ4n) is 3.19. The van der Waals surface area contributed by atoms with Crippen LogP contribution in [0.4, 0.5) is 0 Å². The summed E-state index contributed by atoms with van der Waals surface area (Å²) in [4.78, 5) is 25.1. The summed E-state index contributed by atoms with van der Waals surface area (Å²) in [7, 11) is -2.65.